The van der Waals surface area contributed by atoms with Crippen molar-refractivity contribution in [2.24, 2.45) is 5.73 Å². The van der Waals surface area contributed by atoms with E-state index in [1.54, 1.807) is 55.9 Å². The van der Waals surface area contributed by atoms with Crippen molar-refractivity contribution in [1.82, 2.24) is 10.3 Å². The lowest BCUT2D eigenvalue weighted by Crippen LogP contribution is -2.29. The van der Waals surface area contributed by atoms with Crippen LogP contribution in [0.2, 0.25) is 0 Å². The van der Waals surface area contributed by atoms with Crippen molar-refractivity contribution >= 4 is 17.5 Å². The maximum atomic E-state index is 12.3. The topological polar surface area (TPSA) is 106 Å². The summed E-state index contributed by atoms with van der Waals surface area (Å²) in [7, 11) is 1.63. The maximum Gasteiger partial charge on any atom is 0.255 e. The van der Waals surface area contributed by atoms with Crippen molar-refractivity contribution in [3.8, 4) is 5.75 Å². The maximum absolute atomic E-state index is 12.3. The van der Waals surface area contributed by atoms with E-state index in [9.17, 15) is 9.59 Å². The van der Waals surface area contributed by atoms with Crippen LogP contribution in [0.3, 0.4) is 0 Å². The summed E-state index contributed by atoms with van der Waals surface area (Å²) in [5.74, 6) is 0.475. The first kappa shape index (κ1) is 22.0. The number of aromatic nitrogens is 1. The molecule has 31 heavy (non-hydrogen) atoms. The minimum absolute atomic E-state index is 0.111. The summed E-state index contributed by atoms with van der Waals surface area (Å²) in [6, 6.07) is 17.7. The van der Waals surface area contributed by atoms with Crippen molar-refractivity contribution in [3.63, 3.8) is 0 Å². The number of nitrogens with two attached hydrogens (primary N) is 1. The molecule has 0 spiro atoms. The van der Waals surface area contributed by atoms with Crippen LogP contribution in [0.25, 0.3) is 0 Å². The SMILES string of the molecule is COc1ccc(CCNC(=O)CC(N)c2ccc(C(=O)Nc3ccncc3)cc2)cc1. The molecule has 160 valence electrons. The Morgan fingerprint density at radius 3 is 2.32 bits per heavy atom. The summed E-state index contributed by atoms with van der Waals surface area (Å²) in [5, 5.41) is 5.70. The first-order valence-corrected chi connectivity index (χ1v) is 10.0. The van der Waals surface area contributed by atoms with E-state index in [2.05, 4.69) is 15.6 Å². The van der Waals surface area contributed by atoms with E-state index in [-0.39, 0.29) is 18.2 Å². The number of methoxy groups -OCH3 is 1. The molecule has 7 nitrogen and oxygen atoms in total. The average molecular weight is 418 g/mol. The van der Waals surface area contributed by atoms with Crippen molar-refractivity contribution in [2.75, 3.05) is 19.0 Å². The standard InChI is InChI=1S/C24H26N4O3/c1-31-21-8-2-17(3-9-21)10-15-27-23(29)16-22(25)18-4-6-19(7-5-18)24(30)28-20-11-13-26-14-12-20/h2-9,11-14,22H,10,15-16,25H2,1H3,(H,27,29)(H,26,28,30). The summed E-state index contributed by atoms with van der Waals surface area (Å²) in [6.45, 7) is 0.534. The van der Waals surface area contributed by atoms with Gasteiger partial charge in [0, 0.05) is 42.7 Å². The number of anilines is 1. The molecular weight excluding hydrogens is 392 g/mol. The van der Waals surface area contributed by atoms with Crippen LogP contribution in [0.4, 0.5) is 5.69 Å². The molecule has 4 N–H and O–H groups in total. The number of rotatable bonds is 9. The van der Waals surface area contributed by atoms with Gasteiger partial charge >= 0.3 is 0 Å². The molecule has 0 aliphatic rings. The Bertz CT molecular complexity index is 990. The third-order valence-electron chi connectivity index (χ3n) is 4.84. The van der Waals surface area contributed by atoms with E-state index in [0.29, 0.717) is 17.8 Å². The van der Waals surface area contributed by atoms with Gasteiger partial charge in [0.1, 0.15) is 5.75 Å². The Morgan fingerprint density at radius 2 is 1.68 bits per heavy atom. The molecule has 0 bridgehead atoms. The zero-order valence-corrected chi connectivity index (χ0v) is 17.4. The van der Waals surface area contributed by atoms with Gasteiger partial charge in [0.05, 0.1) is 7.11 Å². The summed E-state index contributed by atoms with van der Waals surface area (Å²) in [5.41, 5.74) is 9.28. The fourth-order valence-corrected chi connectivity index (χ4v) is 3.05. The van der Waals surface area contributed by atoms with Crippen molar-refractivity contribution in [1.29, 1.82) is 0 Å². The number of hydrogen-bond donors (Lipinski definition) is 3. The number of carbonyl (C=O) groups is 2. The number of carbonyl (C=O) groups excluding carboxylic acids is 2. The second-order valence-electron chi connectivity index (χ2n) is 7.07. The predicted molar refractivity (Wildman–Crippen MR) is 120 cm³/mol. The zero-order chi connectivity index (χ0) is 22.1. The molecule has 0 aliphatic carbocycles. The van der Waals surface area contributed by atoms with E-state index >= 15 is 0 Å². The lowest BCUT2D eigenvalue weighted by atomic mass is 10.0. The van der Waals surface area contributed by atoms with Gasteiger partial charge in [0.25, 0.3) is 5.91 Å². The number of amides is 2. The molecule has 1 aromatic heterocycles. The molecule has 0 saturated heterocycles. The Hall–Kier alpha value is -3.71. The summed E-state index contributed by atoms with van der Waals surface area (Å²) >= 11 is 0. The molecule has 2 aromatic carbocycles. The lowest BCUT2D eigenvalue weighted by molar-refractivity contribution is -0.121. The highest BCUT2D eigenvalue weighted by Crippen LogP contribution is 2.16. The number of pyridine rings is 1. The Kier molecular flexibility index (Phi) is 7.73. The van der Waals surface area contributed by atoms with Crippen LogP contribution in [0.1, 0.15) is 33.9 Å². The normalized spacial score (nSPS) is 11.4. The predicted octanol–water partition coefficient (Wildman–Crippen LogP) is 3.09. The van der Waals surface area contributed by atoms with Crippen LogP contribution in [0, 0.1) is 0 Å². The highest BCUT2D eigenvalue weighted by atomic mass is 16.5. The van der Waals surface area contributed by atoms with Crippen molar-refractivity contribution in [2.45, 2.75) is 18.9 Å². The molecule has 0 saturated carbocycles. The fourth-order valence-electron chi connectivity index (χ4n) is 3.05. The van der Waals surface area contributed by atoms with E-state index < -0.39 is 6.04 Å². The molecule has 0 aliphatic heterocycles. The molecule has 3 aromatic rings. The monoisotopic (exact) mass is 418 g/mol. The third kappa shape index (κ3) is 6.65. The molecular formula is C24H26N4O3. The first-order chi connectivity index (χ1) is 15.0. The van der Waals surface area contributed by atoms with Gasteiger partial charge < -0.3 is 21.1 Å². The Labute approximate surface area is 181 Å². The minimum atomic E-state index is -0.446. The van der Waals surface area contributed by atoms with Crippen LogP contribution < -0.4 is 21.1 Å². The zero-order valence-electron chi connectivity index (χ0n) is 17.4. The van der Waals surface area contributed by atoms with Gasteiger partial charge in [-0.05, 0) is 53.9 Å². The number of hydrogen-bond acceptors (Lipinski definition) is 5. The molecule has 1 atom stereocenters. The van der Waals surface area contributed by atoms with E-state index in [1.165, 1.54) is 0 Å². The Balaban J connectivity index is 1.45. The van der Waals surface area contributed by atoms with E-state index in [1.807, 2.05) is 24.3 Å². The summed E-state index contributed by atoms with van der Waals surface area (Å²) in [6.07, 6.45) is 4.12. The molecule has 7 heteroatoms. The Morgan fingerprint density at radius 1 is 1.00 bits per heavy atom. The second-order valence-corrected chi connectivity index (χ2v) is 7.07. The van der Waals surface area contributed by atoms with Crippen LogP contribution in [-0.2, 0) is 11.2 Å². The van der Waals surface area contributed by atoms with Gasteiger partial charge in [-0.2, -0.15) is 0 Å². The smallest absolute Gasteiger partial charge is 0.255 e. The number of ether oxygens (including phenoxy) is 1. The lowest BCUT2D eigenvalue weighted by Gasteiger charge is -2.13. The van der Waals surface area contributed by atoms with E-state index in [4.69, 9.17) is 10.5 Å². The van der Waals surface area contributed by atoms with Crippen molar-refractivity contribution < 1.29 is 14.3 Å². The highest BCUT2D eigenvalue weighted by molar-refractivity contribution is 6.04. The van der Waals surface area contributed by atoms with Gasteiger partial charge in [0.2, 0.25) is 5.91 Å². The molecule has 3 rings (SSSR count). The fraction of sp³-hybridized carbons (Fsp3) is 0.208. The van der Waals surface area contributed by atoms with Gasteiger partial charge in [-0.1, -0.05) is 24.3 Å². The van der Waals surface area contributed by atoms with Crippen molar-refractivity contribution in [3.05, 3.63) is 89.7 Å². The average Bonchev–Trinajstić information content (AvgIpc) is 2.80. The van der Waals surface area contributed by atoms with Gasteiger partial charge in [0.15, 0.2) is 0 Å². The number of nitrogens with zero attached hydrogens (tertiary/aromatic N) is 1. The van der Waals surface area contributed by atoms with Gasteiger partial charge in [-0.3, -0.25) is 14.6 Å². The highest BCUT2D eigenvalue weighted by Gasteiger charge is 2.13. The first-order valence-electron chi connectivity index (χ1n) is 10.0. The quantitative estimate of drug-likeness (QED) is 0.495. The third-order valence-corrected chi connectivity index (χ3v) is 4.84. The molecule has 0 radical (unpaired) electrons. The molecule has 1 unspecified atom stereocenters. The van der Waals surface area contributed by atoms with Crippen LogP contribution >= 0.6 is 0 Å². The van der Waals surface area contributed by atoms with Gasteiger partial charge in [-0.15, -0.1) is 0 Å². The summed E-state index contributed by atoms with van der Waals surface area (Å²) < 4.78 is 5.14. The molecule has 1 heterocycles. The number of benzene rings is 2. The summed E-state index contributed by atoms with van der Waals surface area (Å²) in [4.78, 5) is 28.4. The van der Waals surface area contributed by atoms with Gasteiger partial charge in [-0.25, -0.2) is 0 Å². The second kappa shape index (κ2) is 10.9. The minimum Gasteiger partial charge on any atom is -0.497 e. The molecule has 2 amide bonds. The molecule has 0 fully saturated rings. The van der Waals surface area contributed by atoms with Crippen LogP contribution in [-0.4, -0.2) is 30.5 Å². The largest absolute Gasteiger partial charge is 0.497 e. The number of nitrogens with one attached hydrogen (secondary N) is 2. The van der Waals surface area contributed by atoms with Crippen LogP contribution in [0.5, 0.6) is 5.75 Å². The van der Waals surface area contributed by atoms with E-state index in [0.717, 1.165) is 23.3 Å². The van der Waals surface area contributed by atoms with Crippen LogP contribution in [0.15, 0.2) is 73.1 Å².